The lowest BCUT2D eigenvalue weighted by atomic mass is 10.1. The molecule has 1 aromatic carbocycles. The zero-order valence-electron chi connectivity index (χ0n) is 14.7. The van der Waals surface area contributed by atoms with Crippen molar-refractivity contribution in [1.82, 2.24) is 16.0 Å². The third-order valence-electron chi connectivity index (χ3n) is 4.02. The highest BCUT2D eigenvalue weighted by molar-refractivity contribution is 5.94. The Morgan fingerprint density at radius 1 is 1.28 bits per heavy atom. The molecule has 1 heterocycles. The van der Waals surface area contributed by atoms with Gasteiger partial charge in [0, 0.05) is 31.7 Å². The molecule has 0 saturated carbocycles. The summed E-state index contributed by atoms with van der Waals surface area (Å²) in [5.41, 5.74) is 1.52. The van der Waals surface area contributed by atoms with Crippen molar-refractivity contribution in [2.24, 2.45) is 0 Å². The van der Waals surface area contributed by atoms with E-state index >= 15 is 0 Å². The first kappa shape index (κ1) is 21.4. The second kappa shape index (κ2) is 11.8. The summed E-state index contributed by atoms with van der Waals surface area (Å²) >= 11 is 0. The lowest BCUT2D eigenvalue weighted by Crippen LogP contribution is -2.31. The molecule has 1 aliphatic heterocycles. The van der Waals surface area contributed by atoms with Crippen LogP contribution in [0.25, 0.3) is 0 Å². The number of halogens is 1. The van der Waals surface area contributed by atoms with E-state index in [1.54, 1.807) is 6.07 Å². The van der Waals surface area contributed by atoms with E-state index in [9.17, 15) is 9.59 Å². The summed E-state index contributed by atoms with van der Waals surface area (Å²) in [5, 5.41) is 8.81. The molecular weight excluding hydrogens is 342 g/mol. The van der Waals surface area contributed by atoms with Crippen LogP contribution in [0.3, 0.4) is 0 Å². The number of carbonyl (C=O) groups is 2. The molecule has 1 aromatic rings. The van der Waals surface area contributed by atoms with Crippen LogP contribution in [0.1, 0.15) is 41.6 Å². The fourth-order valence-electron chi connectivity index (χ4n) is 2.65. The average Bonchev–Trinajstić information content (AvgIpc) is 3.12. The van der Waals surface area contributed by atoms with Crippen LogP contribution >= 0.6 is 12.4 Å². The molecule has 140 valence electrons. The van der Waals surface area contributed by atoms with Gasteiger partial charge in [0.2, 0.25) is 5.91 Å². The van der Waals surface area contributed by atoms with Crippen molar-refractivity contribution in [3.05, 3.63) is 35.4 Å². The SMILES string of the molecule is CNCCCC(=O)NCc1cccc(C(=O)NCC2CCCO2)c1.Cl. The van der Waals surface area contributed by atoms with Crippen molar-refractivity contribution in [2.75, 3.05) is 26.7 Å². The van der Waals surface area contributed by atoms with Gasteiger partial charge in [-0.05, 0) is 50.6 Å². The van der Waals surface area contributed by atoms with Crippen molar-refractivity contribution in [1.29, 1.82) is 0 Å². The summed E-state index contributed by atoms with van der Waals surface area (Å²) in [4.78, 5) is 23.9. The predicted molar refractivity (Wildman–Crippen MR) is 100 cm³/mol. The molecule has 0 radical (unpaired) electrons. The van der Waals surface area contributed by atoms with Crippen LogP contribution in [0.5, 0.6) is 0 Å². The summed E-state index contributed by atoms with van der Waals surface area (Å²) in [7, 11) is 1.87. The maximum Gasteiger partial charge on any atom is 0.251 e. The Balaban J connectivity index is 0.00000312. The third-order valence-corrected chi connectivity index (χ3v) is 4.02. The predicted octanol–water partition coefficient (Wildman–Crippen LogP) is 1.63. The molecular formula is C18H28ClN3O3. The lowest BCUT2D eigenvalue weighted by Gasteiger charge is -2.11. The lowest BCUT2D eigenvalue weighted by molar-refractivity contribution is -0.121. The minimum Gasteiger partial charge on any atom is -0.376 e. The van der Waals surface area contributed by atoms with Gasteiger partial charge in [-0.3, -0.25) is 9.59 Å². The molecule has 7 heteroatoms. The normalized spacial score (nSPS) is 16.1. The Morgan fingerprint density at radius 2 is 2.12 bits per heavy atom. The standard InChI is InChI=1S/C18H27N3O3.ClH/c1-19-9-3-8-17(22)20-12-14-5-2-6-15(11-14)18(23)21-13-16-7-4-10-24-16;/h2,5-6,11,16,19H,3-4,7-10,12-13H2,1H3,(H,20,22)(H,21,23);1H. The molecule has 1 atom stereocenters. The molecule has 2 rings (SSSR count). The highest BCUT2D eigenvalue weighted by Crippen LogP contribution is 2.11. The van der Waals surface area contributed by atoms with E-state index in [-0.39, 0.29) is 30.3 Å². The highest BCUT2D eigenvalue weighted by Gasteiger charge is 2.16. The number of benzene rings is 1. The quantitative estimate of drug-likeness (QED) is 0.578. The van der Waals surface area contributed by atoms with Gasteiger partial charge in [-0.25, -0.2) is 0 Å². The Labute approximate surface area is 155 Å². The number of carbonyl (C=O) groups excluding carboxylic acids is 2. The van der Waals surface area contributed by atoms with E-state index in [1.165, 1.54) is 0 Å². The monoisotopic (exact) mass is 369 g/mol. The van der Waals surface area contributed by atoms with Gasteiger partial charge in [-0.1, -0.05) is 12.1 Å². The Kier molecular flexibility index (Phi) is 10.1. The largest absolute Gasteiger partial charge is 0.376 e. The van der Waals surface area contributed by atoms with Crippen LogP contribution in [-0.4, -0.2) is 44.7 Å². The Bertz CT molecular complexity index is 548. The second-order valence-electron chi connectivity index (χ2n) is 6.03. The van der Waals surface area contributed by atoms with Crippen LogP contribution in [0, 0.1) is 0 Å². The molecule has 3 N–H and O–H groups in total. The molecule has 1 saturated heterocycles. The van der Waals surface area contributed by atoms with E-state index in [4.69, 9.17) is 4.74 Å². The maximum atomic E-state index is 12.2. The number of ether oxygens (including phenoxy) is 1. The van der Waals surface area contributed by atoms with Crippen LogP contribution in [0.4, 0.5) is 0 Å². The van der Waals surface area contributed by atoms with Crippen molar-refractivity contribution in [3.63, 3.8) is 0 Å². The summed E-state index contributed by atoms with van der Waals surface area (Å²) in [6.45, 7) is 2.59. The molecule has 1 unspecified atom stereocenters. The van der Waals surface area contributed by atoms with E-state index in [1.807, 2.05) is 25.2 Å². The molecule has 0 spiro atoms. The van der Waals surface area contributed by atoms with Gasteiger partial charge in [0.1, 0.15) is 0 Å². The van der Waals surface area contributed by atoms with Gasteiger partial charge in [0.25, 0.3) is 5.91 Å². The van der Waals surface area contributed by atoms with Crippen molar-refractivity contribution < 1.29 is 14.3 Å². The number of nitrogens with one attached hydrogen (secondary N) is 3. The van der Waals surface area contributed by atoms with Crippen molar-refractivity contribution in [3.8, 4) is 0 Å². The first-order chi connectivity index (χ1) is 11.7. The second-order valence-corrected chi connectivity index (χ2v) is 6.03. The zero-order valence-corrected chi connectivity index (χ0v) is 15.5. The summed E-state index contributed by atoms with van der Waals surface area (Å²) in [6.07, 6.45) is 3.51. The molecule has 0 bridgehead atoms. The zero-order chi connectivity index (χ0) is 17.2. The molecule has 1 fully saturated rings. The minimum absolute atomic E-state index is 0. The molecule has 1 aliphatic rings. The third kappa shape index (κ3) is 7.86. The topological polar surface area (TPSA) is 79.5 Å². The van der Waals surface area contributed by atoms with Gasteiger partial charge in [0.15, 0.2) is 0 Å². The number of amides is 2. The van der Waals surface area contributed by atoms with Crippen LogP contribution in [0.2, 0.25) is 0 Å². The van der Waals surface area contributed by atoms with Gasteiger partial charge in [-0.2, -0.15) is 0 Å². The highest BCUT2D eigenvalue weighted by atomic mass is 35.5. The number of rotatable bonds is 9. The fourth-order valence-corrected chi connectivity index (χ4v) is 2.65. The molecule has 0 aliphatic carbocycles. The fraction of sp³-hybridized carbons (Fsp3) is 0.556. The van der Waals surface area contributed by atoms with Crippen LogP contribution in [0.15, 0.2) is 24.3 Å². The summed E-state index contributed by atoms with van der Waals surface area (Å²) in [5.74, 6) is -0.0776. The molecule has 25 heavy (non-hydrogen) atoms. The minimum atomic E-state index is -0.104. The summed E-state index contributed by atoms with van der Waals surface area (Å²) in [6, 6.07) is 7.34. The Morgan fingerprint density at radius 3 is 2.84 bits per heavy atom. The first-order valence-electron chi connectivity index (χ1n) is 8.59. The average molecular weight is 370 g/mol. The van der Waals surface area contributed by atoms with E-state index < -0.39 is 0 Å². The molecule has 0 aromatic heterocycles. The van der Waals surface area contributed by atoms with Crippen molar-refractivity contribution >= 4 is 24.2 Å². The van der Waals surface area contributed by atoms with E-state index in [2.05, 4.69) is 16.0 Å². The van der Waals surface area contributed by atoms with E-state index in [0.717, 1.165) is 38.0 Å². The van der Waals surface area contributed by atoms with Gasteiger partial charge >= 0.3 is 0 Å². The van der Waals surface area contributed by atoms with Gasteiger partial charge < -0.3 is 20.7 Å². The first-order valence-corrected chi connectivity index (χ1v) is 8.59. The molecule has 2 amide bonds. The maximum absolute atomic E-state index is 12.2. The number of hydrogen-bond acceptors (Lipinski definition) is 4. The van der Waals surface area contributed by atoms with Gasteiger partial charge in [0.05, 0.1) is 6.10 Å². The van der Waals surface area contributed by atoms with Crippen molar-refractivity contribution in [2.45, 2.75) is 38.3 Å². The van der Waals surface area contributed by atoms with Gasteiger partial charge in [-0.15, -0.1) is 12.4 Å². The smallest absolute Gasteiger partial charge is 0.251 e. The number of hydrogen-bond donors (Lipinski definition) is 3. The summed E-state index contributed by atoms with van der Waals surface area (Å²) < 4.78 is 5.50. The van der Waals surface area contributed by atoms with E-state index in [0.29, 0.717) is 25.1 Å². The van der Waals surface area contributed by atoms with Crippen LogP contribution in [-0.2, 0) is 16.1 Å². The van der Waals surface area contributed by atoms with Crippen LogP contribution < -0.4 is 16.0 Å². The molecule has 6 nitrogen and oxygen atoms in total. The Hall–Kier alpha value is -1.63.